The van der Waals surface area contributed by atoms with Crippen LogP contribution in [0.4, 0.5) is 0 Å². The van der Waals surface area contributed by atoms with Gasteiger partial charge in [-0.1, -0.05) is 35.5 Å². The molecule has 0 radical (unpaired) electrons. The number of nitrogens with zero attached hydrogens (tertiary/aromatic N) is 4. The second kappa shape index (κ2) is 10.5. The number of aryl methyl sites for hydroxylation is 3. The standard InChI is InChI=1S/C33H32N6O4/c1-17-29(18(2)43-38-17)26-13-27-25(14-28(26)42-4)30-31(35-19(3)36-32(30)37-27)23-9-10-24(22-8-6-5-7-21(22)23)33(41)39-12-11-34-20(15-39)16-40/h5-10,13-14,20,34,40H,11-12,15-16H2,1-4H3,(H,35,36,37)/t20-/m1/s1. The molecule has 7 rings (SSSR count). The molecule has 1 aliphatic heterocycles. The number of benzene rings is 3. The van der Waals surface area contributed by atoms with Crippen LogP contribution in [0.25, 0.3) is 55.1 Å². The first kappa shape index (κ1) is 27.1. The van der Waals surface area contributed by atoms with Crippen LogP contribution in [-0.4, -0.2) is 75.4 Å². The number of H-pyrrole nitrogens is 1. The zero-order chi connectivity index (χ0) is 29.8. The lowest BCUT2D eigenvalue weighted by Gasteiger charge is -2.33. The molecule has 218 valence electrons. The second-order valence-corrected chi connectivity index (χ2v) is 11.1. The van der Waals surface area contributed by atoms with Crippen LogP contribution in [-0.2, 0) is 0 Å². The Balaban J connectivity index is 1.43. The van der Waals surface area contributed by atoms with Crippen molar-refractivity contribution in [1.82, 2.24) is 30.3 Å². The summed E-state index contributed by atoms with van der Waals surface area (Å²) in [4.78, 5) is 28.8. The molecule has 1 fully saturated rings. The number of carbonyl (C=O) groups excluding carboxylic acids is 1. The van der Waals surface area contributed by atoms with Crippen LogP contribution in [0.1, 0.15) is 27.6 Å². The van der Waals surface area contributed by atoms with Gasteiger partial charge in [-0.25, -0.2) is 9.97 Å². The van der Waals surface area contributed by atoms with Crippen LogP contribution in [0, 0.1) is 20.8 Å². The molecule has 0 spiro atoms. The lowest BCUT2D eigenvalue weighted by atomic mass is 9.94. The topological polar surface area (TPSA) is 129 Å². The highest BCUT2D eigenvalue weighted by Crippen LogP contribution is 2.42. The fraction of sp³-hybridized carbons (Fsp3) is 0.273. The van der Waals surface area contributed by atoms with Crippen molar-refractivity contribution in [1.29, 1.82) is 0 Å². The van der Waals surface area contributed by atoms with E-state index in [0.29, 0.717) is 36.8 Å². The largest absolute Gasteiger partial charge is 0.496 e. The third kappa shape index (κ3) is 4.41. The number of aliphatic hydroxyl groups is 1. The molecule has 3 N–H and O–H groups in total. The van der Waals surface area contributed by atoms with Crippen molar-refractivity contribution in [2.75, 3.05) is 33.4 Å². The Morgan fingerprint density at radius 1 is 1.07 bits per heavy atom. The Hall–Kier alpha value is -4.80. The molecule has 4 heterocycles. The third-order valence-corrected chi connectivity index (χ3v) is 8.36. The minimum atomic E-state index is -0.127. The van der Waals surface area contributed by atoms with E-state index in [1.807, 2.05) is 68.1 Å². The van der Waals surface area contributed by atoms with Gasteiger partial charge in [-0.3, -0.25) is 4.79 Å². The van der Waals surface area contributed by atoms with Crippen molar-refractivity contribution in [3.8, 4) is 28.1 Å². The first-order valence-corrected chi connectivity index (χ1v) is 14.3. The van der Waals surface area contributed by atoms with Crippen LogP contribution in [0.5, 0.6) is 5.75 Å². The van der Waals surface area contributed by atoms with E-state index in [9.17, 15) is 9.90 Å². The van der Waals surface area contributed by atoms with Gasteiger partial charge < -0.3 is 29.6 Å². The van der Waals surface area contributed by atoms with E-state index in [1.54, 1.807) is 7.11 Å². The summed E-state index contributed by atoms with van der Waals surface area (Å²) in [5.74, 6) is 2.00. The fourth-order valence-electron chi connectivity index (χ4n) is 6.36. The highest BCUT2D eigenvalue weighted by Gasteiger charge is 2.26. The molecule has 1 saturated heterocycles. The number of carbonyl (C=O) groups is 1. The minimum absolute atomic E-state index is 0.0123. The van der Waals surface area contributed by atoms with E-state index in [1.165, 1.54) is 0 Å². The SMILES string of the molecule is COc1cc2c(cc1-c1c(C)noc1C)[nH]c1nc(C)nc(-c3ccc(C(=O)N4CCN[C@@H](CO)C4)c4ccccc34)c12. The van der Waals surface area contributed by atoms with Gasteiger partial charge >= 0.3 is 0 Å². The van der Waals surface area contributed by atoms with Crippen molar-refractivity contribution in [3.63, 3.8) is 0 Å². The van der Waals surface area contributed by atoms with E-state index in [-0.39, 0.29) is 18.6 Å². The van der Waals surface area contributed by atoms with Crippen molar-refractivity contribution in [3.05, 3.63) is 71.4 Å². The molecule has 43 heavy (non-hydrogen) atoms. The first-order valence-electron chi connectivity index (χ1n) is 14.3. The molecule has 6 aromatic rings. The number of hydrogen-bond acceptors (Lipinski definition) is 8. The maximum Gasteiger partial charge on any atom is 0.254 e. The Morgan fingerprint density at radius 2 is 1.88 bits per heavy atom. The number of ether oxygens (including phenoxy) is 1. The molecule has 10 heteroatoms. The number of methoxy groups -OCH3 is 1. The highest BCUT2D eigenvalue weighted by atomic mass is 16.5. The number of rotatable bonds is 5. The lowest BCUT2D eigenvalue weighted by Crippen LogP contribution is -2.54. The molecule has 1 atom stereocenters. The summed E-state index contributed by atoms with van der Waals surface area (Å²) < 4.78 is 11.3. The Bertz CT molecular complexity index is 2030. The monoisotopic (exact) mass is 576 g/mol. The van der Waals surface area contributed by atoms with Crippen molar-refractivity contribution in [2.45, 2.75) is 26.8 Å². The normalized spacial score (nSPS) is 15.6. The number of aliphatic hydroxyl groups excluding tert-OH is 1. The average Bonchev–Trinajstić information content (AvgIpc) is 3.56. The predicted octanol–water partition coefficient (Wildman–Crippen LogP) is 4.93. The van der Waals surface area contributed by atoms with E-state index < -0.39 is 0 Å². The molecule has 0 aliphatic carbocycles. The number of aromatic nitrogens is 4. The van der Waals surface area contributed by atoms with Gasteiger partial charge in [0.15, 0.2) is 0 Å². The number of aromatic amines is 1. The number of amides is 1. The maximum absolute atomic E-state index is 13.7. The summed E-state index contributed by atoms with van der Waals surface area (Å²) in [6, 6.07) is 15.8. The maximum atomic E-state index is 13.7. The van der Waals surface area contributed by atoms with E-state index >= 15 is 0 Å². The number of piperazine rings is 1. The summed E-state index contributed by atoms with van der Waals surface area (Å²) in [5, 5.41) is 20.6. The van der Waals surface area contributed by atoms with Gasteiger partial charge in [-0.15, -0.1) is 0 Å². The Labute approximate surface area is 247 Å². The first-order chi connectivity index (χ1) is 20.9. The molecule has 3 aromatic heterocycles. The number of hydrogen-bond donors (Lipinski definition) is 3. The molecule has 10 nitrogen and oxygen atoms in total. The smallest absolute Gasteiger partial charge is 0.254 e. The zero-order valence-electron chi connectivity index (χ0n) is 24.5. The summed E-state index contributed by atoms with van der Waals surface area (Å²) in [6.45, 7) is 7.37. The average molecular weight is 577 g/mol. The van der Waals surface area contributed by atoms with Gasteiger partial charge in [-0.2, -0.15) is 0 Å². The van der Waals surface area contributed by atoms with Gasteiger partial charge in [0, 0.05) is 53.3 Å². The van der Waals surface area contributed by atoms with Crippen LogP contribution < -0.4 is 10.1 Å². The molecular weight excluding hydrogens is 544 g/mol. The summed E-state index contributed by atoms with van der Waals surface area (Å²) in [7, 11) is 1.66. The molecule has 0 unspecified atom stereocenters. The van der Waals surface area contributed by atoms with Gasteiger partial charge in [0.2, 0.25) is 0 Å². The molecule has 3 aromatic carbocycles. The second-order valence-electron chi connectivity index (χ2n) is 11.1. The summed E-state index contributed by atoms with van der Waals surface area (Å²) >= 11 is 0. The molecule has 0 saturated carbocycles. The summed E-state index contributed by atoms with van der Waals surface area (Å²) in [6.07, 6.45) is 0. The Kier molecular flexibility index (Phi) is 6.60. The Morgan fingerprint density at radius 3 is 2.63 bits per heavy atom. The molecule has 0 bridgehead atoms. The zero-order valence-corrected chi connectivity index (χ0v) is 24.5. The van der Waals surface area contributed by atoms with E-state index in [4.69, 9.17) is 19.2 Å². The van der Waals surface area contributed by atoms with E-state index in [2.05, 4.69) is 21.5 Å². The highest BCUT2D eigenvalue weighted by molar-refractivity contribution is 6.17. The fourth-order valence-corrected chi connectivity index (χ4v) is 6.36. The lowest BCUT2D eigenvalue weighted by molar-refractivity contribution is 0.0673. The van der Waals surface area contributed by atoms with Crippen molar-refractivity contribution >= 4 is 38.6 Å². The van der Waals surface area contributed by atoms with Crippen LogP contribution in [0.3, 0.4) is 0 Å². The minimum Gasteiger partial charge on any atom is -0.496 e. The van der Waals surface area contributed by atoms with Gasteiger partial charge in [0.05, 0.1) is 36.1 Å². The molecule has 1 amide bonds. The van der Waals surface area contributed by atoms with Gasteiger partial charge in [0.1, 0.15) is 23.0 Å². The third-order valence-electron chi connectivity index (χ3n) is 8.36. The molecule has 1 aliphatic rings. The van der Waals surface area contributed by atoms with Gasteiger partial charge in [-0.05, 0) is 49.7 Å². The van der Waals surface area contributed by atoms with Gasteiger partial charge in [0.25, 0.3) is 5.91 Å². The van der Waals surface area contributed by atoms with Crippen LogP contribution in [0.15, 0.2) is 53.1 Å². The number of fused-ring (bicyclic) bond motifs is 4. The quantitative estimate of drug-likeness (QED) is 0.264. The number of nitrogens with one attached hydrogen (secondary N) is 2. The van der Waals surface area contributed by atoms with Crippen molar-refractivity contribution in [2.24, 2.45) is 0 Å². The van der Waals surface area contributed by atoms with Crippen LogP contribution in [0.2, 0.25) is 0 Å². The van der Waals surface area contributed by atoms with E-state index in [0.717, 1.165) is 66.5 Å². The van der Waals surface area contributed by atoms with Crippen molar-refractivity contribution < 1.29 is 19.2 Å². The molecular formula is C33H32N6O4. The summed E-state index contributed by atoms with van der Waals surface area (Å²) in [5.41, 5.74) is 6.50. The van der Waals surface area contributed by atoms with Crippen LogP contribution >= 0.6 is 0 Å². The predicted molar refractivity (Wildman–Crippen MR) is 165 cm³/mol.